The Hall–Kier alpha value is -0.210. The Balaban J connectivity index is 0.00000121. The smallest absolute Gasteiger partial charge is 0.0502 e. The van der Waals surface area contributed by atoms with E-state index in [0.717, 1.165) is 5.75 Å². The third-order valence-electron chi connectivity index (χ3n) is 1.32. The van der Waals surface area contributed by atoms with E-state index in [0.29, 0.717) is 0 Å². The molecule has 1 heterocycles. The van der Waals surface area contributed by atoms with Gasteiger partial charge in [0.15, 0.2) is 0 Å². The molecule has 0 aliphatic rings. The first-order valence-corrected chi connectivity index (χ1v) is 5.06. The first-order chi connectivity index (χ1) is 5.43. The molecule has 0 spiro atoms. The highest BCUT2D eigenvalue weighted by atomic mass is 35.5. The molecule has 0 N–H and O–H groups in total. The molecule has 0 unspecified atom stereocenters. The van der Waals surface area contributed by atoms with Gasteiger partial charge in [-0.25, -0.2) is 0 Å². The summed E-state index contributed by atoms with van der Waals surface area (Å²) < 4.78 is 0. The summed E-state index contributed by atoms with van der Waals surface area (Å²) in [5.41, 5.74) is 1.19. The summed E-state index contributed by atoms with van der Waals surface area (Å²) in [4.78, 5) is 4.23. The molecule has 1 aromatic heterocycles. The van der Waals surface area contributed by atoms with Gasteiger partial charge in [-0.05, 0) is 24.3 Å². The molecule has 1 aromatic rings. The maximum absolute atomic E-state index is 4.23. The van der Waals surface area contributed by atoms with Gasteiger partial charge in [0.2, 0.25) is 0 Å². The van der Waals surface area contributed by atoms with Gasteiger partial charge >= 0.3 is 0 Å². The molecule has 3 heteroatoms. The quantitative estimate of drug-likeness (QED) is 0.698. The molecule has 1 nitrogen and oxygen atoms in total. The molecule has 68 valence electrons. The lowest BCUT2D eigenvalue weighted by molar-refractivity contribution is 1.10. The minimum absolute atomic E-state index is 0. The van der Waals surface area contributed by atoms with Crippen molar-refractivity contribution in [3.05, 3.63) is 30.1 Å². The number of thioether (sulfide) groups is 1. The van der Waals surface area contributed by atoms with Crippen LogP contribution in [-0.4, -0.2) is 10.7 Å². The van der Waals surface area contributed by atoms with Crippen molar-refractivity contribution in [3.63, 3.8) is 0 Å². The first-order valence-electron chi connectivity index (χ1n) is 3.91. The predicted molar refractivity (Wildman–Crippen MR) is 57.9 cm³/mol. The lowest BCUT2D eigenvalue weighted by Crippen LogP contribution is -1.85. The van der Waals surface area contributed by atoms with Gasteiger partial charge < -0.3 is 0 Å². The standard InChI is InChI=1S/C9H13NS.ClH/c1-2-7-11-8-9-5-3-4-6-10-9;/h3-6H,2,7-8H2,1H3;1H. The third-order valence-corrected chi connectivity index (χ3v) is 2.52. The maximum atomic E-state index is 4.23. The van der Waals surface area contributed by atoms with Gasteiger partial charge in [-0.2, -0.15) is 11.8 Å². The molecule has 12 heavy (non-hydrogen) atoms. The molecule has 0 aliphatic carbocycles. The molecule has 0 saturated heterocycles. The van der Waals surface area contributed by atoms with Crippen molar-refractivity contribution in [2.75, 3.05) is 5.75 Å². The second kappa shape index (κ2) is 7.44. The Kier molecular flexibility index (Phi) is 7.31. The minimum atomic E-state index is 0. The van der Waals surface area contributed by atoms with Crippen LogP contribution in [0, 0.1) is 0 Å². The molecule has 0 aliphatic heterocycles. The first kappa shape index (κ1) is 11.8. The number of rotatable bonds is 4. The lowest BCUT2D eigenvalue weighted by atomic mass is 10.4. The number of nitrogens with zero attached hydrogens (tertiary/aromatic N) is 1. The monoisotopic (exact) mass is 203 g/mol. The van der Waals surface area contributed by atoms with Crippen molar-refractivity contribution in [2.45, 2.75) is 19.1 Å². The van der Waals surface area contributed by atoms with Crippen molar-refractivity contribution >= 4 is 24.2 Å². The van der Waals surface area contributed by atoms with Crippen LogP contribution in [0.25, 0.3) is 0 Å². The van der Waals surface area contributed by atoms with E-state index in [9.17, 15) is 0 Å². The van der Waals surface area contributed by atoms with Crippen molar-refractivity contribution in [1.82, 2.24) is 4.98 Å². The van der Waals surface area contributed by atoms with Gasteiger partial charge in [-0.15, -0.1) is 12.4 Å². The Morgan fingerprint density at radius 3 is 2.83 bits per heavy atom. The van der Waals surface area contributed by atoms with E-state index >= 15 is 0 Å². The summed E-state index contributed by atoms with van der Waals surface area (Å²) in [7, 11) is 0. The van der Waals surface area contributed by atoms with E-state index in [-0.39, 0.29) is 12.4 Å². The fraction of sp³-hybridized carbons (Fsp3) is 0.444. The number of hydrogen-bond acceptors (Lipinski definition) is 2. The fourth-order valence-electron chi connectivity index (χ4n) is 0.805. The molecule has 0 aromatic carbocycles. The Morgan fingerprint density at radius 2 is 2.25 bits per heavy atom. The van der Waals surface area contributed by atoms with Crippen LogP contribution in [0.5, 0.6) is 0 Å². The largest absolute Gasteiger partial charge is 0.260 e. The van der Waals surface area contributed by atoms with E-state index in [4.69, 9.17) is 0 Å². The Labute approximate surface area is 84.4 Å². The summed E-state index contributed by atoms with van der Waals surface area (Å²) in [6, 6.07) is 6.06. The molecular weight excluding hydrogens is 190 g/mol. The average molecular weight is 204 g/mol. The topological polar surface area (TPSA) is 12.9 Å². The summed E-state index contributed by atoms with van der Waals surface area (Å²) >= 11 is 1.94. The molecule has 0 atom stereocenters. The highest BCUT2D eigenvalue weighted by molar-refractivity contribution is 7.98. The second-order valence-electron chi connectivity index (χ2n) is 2.37. The summed E-state index contributed by atoms with van der Waals surface area (Å²) in [6.45, 7) is 2.20. The van der Waals surface area contributed by atoms with Gasteiger partial charge in [-0.1, -0.05) is 13.0 Å². The van der Waals surface area contributed by atoms with Gasteiger partial charge in [0.1, 0.15) is 0 Å². The van der Waals surface area contributed by atoms with Crippen LogP contribution in [0.4, 0.5) is 0 Å². The van der Waals surface area contributed by atoms with Crippen molar-refractivity contribution in [2.24, 2.45) is 0 Å². The Bertz CT molecular complexity index is 191. The molecule has 1 rings (SSSR count). The molecule has 0 radical (unpaired) electrons. The molecule has 0 bridgehead atoms. The molecule has 0 amide bonds. The number of pyridine rings is 1. The number of hydrogen-bond donors (Lipinski definition) is 0. The zero-order valence-electron chi connectivity index (χ0n) is 7.19. The summed E-state index contributed by atoms with van der Waals surface area (Å²) in [5.74, 6) is 2.28. The van der Waals surface area contributed by atoms with Crippen LogP contribution < -0.4 is 0 Å². The zero-order valence-corrected chi connectivity index (χ0v) is 8.83. The van der Waals surface area contributed by atoms with Crippen LogP contribution in [0.2, 0.25) is 0 Å². The van der Waals surface area contributed by atoms with Gasteiger partial charge in [0, 0.05) is 11.9 Å². The molecular formula is C9H14ClNS. The van der Waals surface area contributed by atoms with E-state index < -0.39 is 0 Å². The molecule has 0 fully saturated rings. The van der Waals surface area contributed by atoms with E-state index in [1.807, 2.05) is 30.1 Å². The number of halogens is 1. The zero-order chi connectivity index (χ0) is 7.94. The third kappa shape index (κ3) is 4.62. The van der Waals surface area contributed by atoms with Gasteiger partial charge in [0.05, 0.1) is 5.69 Å². The lowest BCUT2D eigenvalue weighted by Gasteiger charge is -1.97. The summed E-state index contributed by atoms with van der Waals surface area (Å²) in [5, 5.41) is 0. The number of aromatic nitrogens is 1. The average Bonchev–Trinajstić information content (AvgIpc) is 2.07. The minimum Gasteiger partial charge on any atom is -0.260 e. The van der Waals surface area contributed by atoms with E-state index in [1.54, 1.807) is 0 Å². The second-order valence-corrected chi connectivity index (χ2v) is 3.48. The van der Waals surface area contributed by atoms with Crippen molar-refractivity contribution < 1.29 is 0 Å². The maximum Gasteiger partial charge on any atom is 0.0502 e. The van der Waals surface area contributed by atoms with Gasteiger partial charge in [0.25, 0.3) is 0 Å². The Morgan fingerprint density at radius 1 is 1.42 bits per heavy atom. The van der Waals surface area contributed by atoms with Crippen LogP contribution in [-0.2, 0) is 5.75 Å². The van der Waals surface area contributed by atoms with Crippen LogP contribution in [0.15, 0.2) is 24.4 Å². The van der Waals surface area contributed by atoms with Crippen LogP contribution in [0.3, 0.4) is 0 Å². The molecule has 0 saturated carbocycles. The van der Waals surface area contributed by atoms with E-state index in [2.05, 4.69) is 18.0 Å². The van der Waals surface area contributed by atoms with Crippen LogP contribution in [0.1, 0.15) is 19.0 Å². The van der Waals surface area contributed by atoms with Crippen molar-refractivity contribution in [3.8, 4) is 0 Å². The predicted octanol–water partition coefficient (Wildman–Crippen LogP) is 3.15. The normalized spacial score (nSPS) is 9.08. The van der Waals surface area contributed by atoms with E-state index in [1.165, 1.54) is 17.9 Å². The summed E-state index contributed by atoms with van der Waals surface area (Å²) in [6.07, 6.45) is 3.10. The van der Waals surface area contributed by atoms with Gasteiger partial charge in [-0.3, -0.25) is 4.98 Å². The SMILES string of the molecule is CCCSCc1ccccn1.Cl. The fourth-order valence-corrected chi connectivity index (χ4v) is 1.62. The van der Waals surface area contributed by atoms with Crippen LogP contribution >= 0.6 is 24.2 Å². The van der Waals surface area contributed by atoms with Crippen molar-refractivity contribution in [1.29, 1.82) is 0 Å². The highest BCUT2D eigenvalue weighted by Crippen LogP contribution is 2.09. The highest BCUT2D eigenvalue weighted by Gasteiger charge is 1.90.